The third-order valence-corrected chi connectivity index (χ3v) is 6.25. The van der Waals surface area contributed by atoms with Crippen LogP contribution in [0.4, 0.5) is 11.5 Å². The van der Waals surface area contributed by atoms with Gasteiger partial charge in [-0.2, -0.15) is 5.21 Å². The van der Waals surface area contributed by atoms with Crippen LogP contribution in [-0.4, -0.2) is 53.2 Å². The molecule has 4 aromatic rings. The smallest absolute Gasteiger partial charge is 0.196 e. The summed E-state index contributed by atoms with van der Waals surface area (Å²) < 4.78 is 2.80. The van der Waals surface area contributed by atoms with E-state index in [0.717, 1.165) is 22.3 Å². The van der Waals surface area contributed by atoms with Crippen LogP contribution in [0.15, 0.2) is 29.3 Å². The number of fused-ring (bicyclic) bond motifs is 1. The summed E-state index contributed by atoms with van der Waals surface area (Å²) in [5, 5.41) is 14.9. The van der Waals surface area contributed by atoms with Crippen molar-refractivity contribution in [2.75, 3.05) is 23.7 Å². The number of nitrogens with two attached hydrogens (primary N) is 2. The molecule has 1 aliphatic rings. The highest BCUT2D eigenvalue weighted by molar-refractivity contribution is 9.10. The second-order valence-corrected chi connectivity index (χ2v) is 8.54. The molecule has 11 nitrogen and oxygen atoms in total. The molecule has 0 amide bonds. The van der Waals surface area contributed by atoms with E-state index in [1.807, 2.05) is 16.7 Å². The number of imidazole rings is 1. The number of nitrogens with one attached hydrogen (secondary N) is 1. The lowest BCUT2D eigenvalue weighted by Gasteiger charge is -2.26. The SMILES string of the molecule is Nc1ncnc2c1ncn2Cc1c(Br)cc(Cl)cc1N1CCC(N)(c2nn[nH]n2)C1. The summed E-state index contributed by atoms with van der Waals surface area (Å²) in [6, 6.07) is 3.81. The zero-order valence-corrected chi connectivity index (χ0v) is 18.0. The summed E-state index contributed by atoms with van der Waals surface area (Å²) in [5.74, 6) is 0.849. The summed E-state index contributed by atoms with van der Waals surface area (Å²) in [6.45, 7) is 1.77. The molecule has 0 spiro atoms. The van der Waals surface area contributed by atoms with Crippen molar-refractivity contribution in [2.24, 2.45) is 5.73 Å². The lowest BCUT2D eigenvalue weighted by molar-refractivity contribution is 0.466. The Labute approximate surface area is 184 Å². The van der Waals surface area contributed by atoms with Crippen LogP contribution >= 0.6 is 27.5 Å². The Morgan fingerprint density at radius 2 is 2.13 bits per heavy atom. The normalized spacial score (nSPS) is 19.1. The Hall–Kier alpha value is -2.83. The van der Waals surface area contributed by atoms with Gasteiger partial charge in [0.15, 0.2) is 17.3 Å². The molecule has 1 aromatic carbocycles. The summed E-state index contributed by atoms with van der Waals surface area (Å²) in [6.07, 6.45) is 3.83. The average Bonchev–Trinajstić information content (AvgIpc) is 3.45. The maximum Gasteiger partial charge on any atom is 0.196 e. The molecule has 1 saturated heterocycles. The first-order chi connectivity index (χ1) is 14.4. The standard InChI is InChI=1S/C17H17BrClN11/c18-11-3-9(19)4-12(29-2-1-17(21,6-29)16-25-27-28-26-16)10(11)5-30-8-24-13-14(20)22-7-23-15(13)30/h3-4,7-8H,1-2,5-6,21H2,(H2,20,22,23)(H,25,26,27,28). The third kappa shape index (κ3) is 3.16. The van der Waals surface area contributed by atoms with Crippen LogP contribution in [0.1, 0.15) is 17.8 Å². The average molecular weight is 491 g/mol. The summed E-state index contributed by atoms with van der Waals surface area (Å²) in [7, 11) is 0. The maximum atomic E-state index is 6.59. The van der Waals surface area contributed by atoms with E-state index in [9.17, 15) is 0 Å². The topological polar surface area (TPSA) is 153 Å². The Bertz CT molecular complexity index is 1220. The zero-order valence-electron chi connectivity index (χ0n) is 15.6. The highest BCUT2D eigenvalue weighted by atomic mass is 79.9. The van der Waals surface area contributed by atoms with Gasteiger partial charge in [0.2, 0.25) is 0 Å². The van der Waals surface area contributed by atoms with E-state index >= 15 is 0 Å². The predicted molar refractivity (Wildman–Crippen MR) is 115 cm³/mol. The summed E-state index contributed by atoms with van der Waals surface area (Å²) in [4.78, 5) is 14.9. The first kappa shape index (κ1) is 19.2. The van der Waals surface area contributed by atoms with Crippen LogP contribution < -0.4 is 16.4 Å². The van der Waals surface area contributed by atoms with E-state index in [1.54, 1.807) is 6.33 Å². The third-order valence-electron chi connectivity index (χ3n) is 5.33. The molecule has 1 atom stereocenters. The fraction of sp³-hybridized carbons (Fsp3) is 0.294. The van der Waals surface area contributed by atoms with Crippen LogP contribution in [-0.2, 0) is 12.1 Å². The number of nitrogens with zero attached hydrogens (tertiary/aromatic N) is 8. The van der Waals surface area contributed by atoms with Crippen LogP contribution in [0.3, 0.4) is 0 Å². The lowest BCUT2D eigenvalue weighted by Crippen LogP contribution is -2.41. The molecule has 0 aliphatic carbocycles. The van der Waals surface area contributed by atoms with Crippen LogP contribution in [0.2, 0.25) is 5.02 Å². The van der Waals surface area contributed by atoms with E-state index in [4.69, 9.17) is 23.1 Å². The molecule has 5 rings (SSSR count). The van der Waals surface area contributed by atoms with Gasteiger partial charge in [-0.25, -0.2) is 15.0 Å². The Morgan fingerprint density at radius 3 is 2.93 bits per heavy atom. The van der Waals surface area contributed by atoms with Crippen molar-refractivity contribution in [1.29, 1.82) is 0 Å². The quantitative estimate of drug-likeness (QED) is 0.385. The van der Waals surface area contributed by atoms with Gasteiger partial charge in [0.1, 0.15) is 11.8 Å². The molecule has 1 unspecified atom stereocenters. The van der Waals surface area contributed by atoms with Crippen LogP contribution in [0, 0.1) is 0 Å². The molecular formula is C17H17BrClN11. The first-order valence-corrected chi connectivity index (χ1v) is 10.3. The van der Waals surface area contributed by atoms with Crippen LogP contribution in [0.25, 0.3) is 11.2 Å². The predicted octanol–water partition coefficient (Wildman–Crippen LogP) is 1.45. The molecule has 13 heteroatoms. The number of nitrogen functional groups attached to an aromatic ring is 1. The summed E-state index contributed by atoms with van der Waals surface area (Å²) in [5.41, 5.74) is 15.0. The Balaban J connectivity index is 1.53. The molecule has 3 aromatic heterocycles. The number of hydrogen-bond acceptors (Lipinski definition) is 9. The van der Waals surface area contributed by atoms with E-state index in [1.165, 1.54) is 6.33 Å². The number of tetrazole rings is 1. The maximum absolute atomic E-state index is 6.59. The van der Waals surface area contributed by atoms with Crippen molar-refractivity contribution in [3.05, 3.63) is 45.7 Å². The van der Waals surface area contributed by atoms with E-state index in [0.29, 0.717) is 47.3 Å². The highest BCUT2D eigenvalue weighted by Crippen LogP contribution is 2.38. The van der Waals surface area contributed by atoms with E-state index in [-0.39, 0.29) is 0 Å². The molecule has 1 aliphatic heterocycles. The van der Waals surface area contributed by atoms with Gasteiger partial charge in [0.05, 0.1) is 18.4 Å². The largest absolute Gasteiger partial charge is 0.382 e. The van der Waals surface area contributed by atoms with Crippen molar-refractivity contribution in [1.82, 2.24) is 40.1 Å². The van der Waals surface area contributed by atoms with Crippen LogP contribution in [0.5, 0.6) is 0 Å². The van der Waals surface area contributed by atoms with Crippen molar-refractivity contribution >= 4 is 50.2 Å². The monoisotopic (exact) mass is 489 g/mol. The minimum absolute atomic E-state index is 0.349. The molecule has 0 saturated carbocycles. The second kappa shape index (κ2) is 7.15. The number of hydrogen-bond donors (Lipinski definition) is 3. The molecular weight excluding hydrogens is 474 g/mol. The van der Waals surface area contributed by atoms with E-state index in [2.05, 4.69) is 56.4 Å². The van der Waals surface area contributed by atoms with Gasteiger partial charge in [0.25, 0.3) is 0 Å². The minimum atomic E-state index is -0.692. The highest BCUT2D eigenvalue weighted by Gasteiger charge is 2.40. The fourth-order valence-electron chi connectivity index (χ4n) is 3.81. The number of benzene rings is 1. The molecule has 0 radical (unpaired) electrons. The van der Waals surface area contributed by atoms with Crippen molar-refractivity contribution in [3.63, 3.8) is 0 Å². The Morgan fingerprint density at radius 1 is 1.27 bits per heavy atom. The van der Waals surface area contributed by atoms with Gasteiger partial charge >= 0.3 is 0 Å². The van der Waals surface area contributed by atoms with Gasteiger partial charge in [-0.15, -0.1) is 10.2 Å². The van der Waals surface area contributed by atoms with Gasteiger partial charge in [-0.1, -0.05) is 32.7 Å². The number of aromatic nitrogens is 8. The first-order valence-electron chi connectivity index (χ1n) is 9.11. The zero-order chi connectivity index (χ0) is 20.9. The van der Waals surface area contributed by atoms with Gasteiger partial charge < -0.3 is 20.9 Å². The number of aromatic amines is 1. The summed E-state index contributed by atoms with van der Waals surface area (Å²) >= 11 is 10.0. The van der Waals surface area contributed by atoms with E-state index < -0.39 is 5.54 Å². The molecule has 5 N–H and O–H groups in total. The van der Waals surface area contributed by atoms with Gasteiger partial charge in [0, 0.05) is 33.8 Å². The number of rotatable bonds is 4. The van der Waals surface area contributed by atoms with Gasteiger partial charge in [-0.05, 0) is 18.6 Å². The lowest BCUT2D eigenvalue weighted by atomic mass is 10.00. The van der Waals surface area contributed by atoms with Crippen molar-refractivity contribution in [2.45, 2.75) is 18.5 Å². The number of H-pyrrole nitrogens is 1. The molecule has 0 bridgehead atoms. The van der Waals surface area contributed by atoms with Gasteiger partial charge in [-0.3, -0.25) is 0 Å². The molecule has 4 heterocycles. The minimum Gasteiger partial charge on any atom is -0.382 e. The number of halogens is 2. The Kier molecular flexibility index (Phi) is 4.56. The molecule has 1 fully saturated rings. The second-order valence-electron chi connectivity index (χ2n) is 7.25. The number of anilines is 2. The van der Waals surface area contributed by atoms with Crippen molar-refractivity contribution in [3.8, 4) is 0 Å². The fourth-order valence-corrected chi connectivity index (χ4v) is 4.73. The molecule has 30 heavy (non-hydrogen) atoms. The molecule has 154 valence electrons. The van der Waals surface area contributed by atoms with Crippen molar-refractivity contribution < 1.29 is 0 Å².